The molecule has 3 aromatic rings. The predicted molar refractivity (Wildman–Crippen MR) is 150 cm³/mol. The maximum Gasteiger partial charge on any atom is 0.338 e. The molecule has 1 amide bonds. The van der Waals surface area contributed by atoms with Gasteiger partial charge in [-0.1, -0.05) is 45.0 Å². The summed E-state index contributed by atoms with van der Waals surface area (Å²) in [5.41, 5.74) is 2.44. The van der Waals surface area contributed by atoms with Gasteiger partial charge < -0.3 is 24.6 Å². The number of carbonyl (C=O) groups is 3. The van der Waals surface area contributed by atoms with E-state index in [1.807, 2.05) is 20.8 Å². The molecule has 1 unspecified atom stereocenters. The summed E-state index contributed by atoms with van der Waals surface area (Å²) < 4.78 is 10.5. The molecule has 0 aliphatic carbocycles. The molecule has 40 heavy (non-hydrogen) atoms. The molecule has 0 aromatic heterocycles. The number of nitrogens with zero attached hydrogens (tertiary/aromatic N) is 1. The first-order valence-electron chi connectivity index (χ1n) is 13.0. The number of methoxy groups -OCH3 is 1. The molecule has 0 saturated carbocycles. The van der Waals surface area contributed by atoms with Crippen LogP contribution in [0, 0.1) is 0 Å². The largest absolute Gasteiger partial charge is 0.508 e. The van der Waals surface area contributed by atoms with Crippen LogP contribution >= 0.6 is 0 Å². The minimum Gasteiger partial charge on any atom is -0.508 e. The molecule has 4 rings (SSSR count). The fraction of sp³-hybridized carbons (Fsp3) is 0.281. The van der Waals surface area contributed by atoms with Crippen LogP contribution in [-0.4, -0.2) is 46.5 Å². The number of hydrogen-bond donors (Lipinski definition) is 2. The van der Waals surface area contributed by atoms with Crippen LogP contribution in [0.1, 0.15) is 66.3 Å². The monoisotopic (exact) mass is 543 g/mol. The molecule has 2 N–H and O–H groups in total. The van der Waals surface area contributed by atoms with Crippen molar-refractivity contribution in [1.82, 2.24) is 4.90 Å². The van der Waals surface area contributed by atoms with E-state index >= 15 is 0 Å². The van der Waals surface area contributed by atoms with Gasteiger partial charge in [-0.15, -0.1) is 0 Å². The van der Waals surface area contributed by atoms with Crippen LogP contribution in [0.25, 0.3) is 5.76 Å². The van der Waals surface area contributed by atoms with Crippen molar-refractivity contribution >= 4 is 23.4 Å². The molecule has 1 atom stereocenters. The molecule has 0 bridgehead atoms. The Balaban J connectivity index is 1.81. The SMILES string of the molecule is CCOC(=O)c1ccc(CN2C(=O)C(=O)/C(=C(\O)c3ccc(OC)c(C(C)(C)C)c3)C2c2ccc(O)cc2)cc1. The summed E-state index contributed by atoms with van der Waals surface area (Å²) in [6, 6.07) is 17.0. The molecule has 0 spiro atoms. The van der Waals surface area contributed by atoms with Gasteiger partial charge in [0.1, 0.15) is 17.3 Å². The quantitative estimate of drug-likeness (QED) is 0.175. The van der Waals surface area contributed by atoms with Crippen LogP contribution in [0.15, 0.2) is 72.3 Å². The van der Waals surface area contributed by atoms with Crippen molar-refractivity contribution in [3.05, 3.63) is 100 Å². The summed E-state index contributed by atoms with van der Waals surface area (Å²) in [7, 11) is 1.57. The van der Waals surface area contributed by atoms with Gasteiger partial charge in [-0.05, 0) is 65.9 Å². The number of aromatic hydroxyl groups is 1. The predicted octanol–water partition coefficient (Wildman–Crippen LogP) is 5.50. The number of benzene rings is 3. The van der Waals surface area contributed by atoms with Gasteiger partial charge in [-0.3, -0.25) is 9.59 Å². The van der Waals surface area contributed by atoms with Gasteiger partial charge in [0, 0.05) is 17.7 Å². The number of phenols is 1. The standard InChI is InChI=1S/C32H33NO7/c1-6-40-31(38)21-9-7-19(8-10-21)18-33-27(20-11-14-23(34)15-12-20)26(29(36)30(33)37)28(35)22-13-16-25(39-5)24(17-22)32(2,3)4/h7-17,27,34-35H,6,18H2,1-5H3/b28-26-. The zero-order valence-corrected chi connectivity index (χ0v) is 23.2. The first-order chi connectivity index (χ1) is 19.0. The number of Topliss-reactive ketones (excluding diaryl/α,β-unsaturated/α-hetero) is 1. The van der Waals surface area contributed by atoms with Crippen molar-refractivity contribution in [2.24, 2.45) is 0 Å². The Bertz CT molecular complexity index is 1460. The van der Waals surface area contributed by atoms with E-state index in [9.17, 15) is 24.6 Å². The summed E-state index contributed by atoms with van der Waals surface area (Å²) in [6.45, 7) is 8.06. The molecule has 8 heteroatoms. The van der Waals surface area contributed by atoms with Crippen molar-refractivity contribution in [2.75, 3.05) is 13.7 Å². The fourth-order valence-corrected chi connectivity index (χ4v) is 4.80. The number of aliphatic hydroxyl groups is 1. The molecule has 1 fully saturated rings. The second-order valence-corrected chi connectivity index (χ2v) is 10.6. The van der Waals surface area contributed by atoms with Gasteiger partial charge in [0.25, 0.3) is 11.7 Å². The highest BCUT2D eigenvalue weighted by molar-refractivity contribution is 6.46. The molecule has 3 aromatic carbocycles. The number of hydrogen-bond acceptors (Lipinski definition) is 7. The highest BCUT2D eigenvalue weighted by Crippen LogP contribution is 2.42. The molecule has 1 saturated heterocycles. The van der Waals surface area contributed by atoms with Gasteiger partial charge >= 0.3 is 5.97 Å². The minimum atomic E-state index is -0.912. The number of esters is 1. The van der Waals surface area contributed by atoms with Crippen molar-refractivity contribution < 1.29 is 34.1 Å². The lowest BCUT2D eigenvalue weighted by Gasteiger charge is -2.26. The molecule has 1 aliphatic heterocycles. The van der Waals surface area contributed by atoms with Crippen LogP contribution < -0.4 is 4.74 Å². The van der Waals surface area contributed by atoms with Crippen molar-refractivity contribution in [3.8, 4) is 11.5 Å². The summed E-state index contributed by atoms with van der Waals surface area (Å²) in [5, 5.41) is 21.4. The summed E-state index contributed by atoms with van der Waals surface area (Å²) in [5.74, 6) is -1.66. The minimum absolute atomic E-state index is 0.0280. The van der Waals surface area contributed by atoms with E-state index in [0.717, 1.165) is 5.56 Å². The van der Waals surface area contributed by atoms with Crippen molar-refractivity contribution in [2.45, 2.75) is 45.7 Å². The highest BCUT2D eigenvalue weighted by Gasteiger charge is 2.46. The first kappa shape index (κ1) is 28.4. The second-order valence-electron chi connectivity index (χ2n) is 10.6. The maximum absolute atomic E-state index is 13.4. The Morgan fingerprint density at radius 3 is 2.15 bits per heavy atom. The van der Waals surface area contributed by atoms with E-state index in [4.69, 9.17) is 9.47 Å². The third kappa shape index (κ3) is 5.57. The third-order valence-corrected chi connectivity index (χ3v) is 6.85. The normalized spacial score (nSPS) is 16.7. The van der Waals surface area contributed by atoms with Gasteiger partial charge in [0.15, 0.2) is 0 Å². The van der Waals surface area contributed by atoms with Crippen molar-refractivity contribution in [1.29, 1.82) is 0 Å². The van der Waals surface area contributed by atoms with Crippen LogP contribution in [0.3, 0.4) is 0 Å². The van der Waals surface area contributed by atoms with Gasteiger partial charge in [0.05, 0.1) is 30.9 Å². The zero-order valence-electron chi connectivity index (χ0n) is 23.2. The van der Waals surface area contributed by atoms with E-state index in [1.54, 1.807) is 68.6 Å². The van der Waals surface area contributed by atoms with Crippen molar-refractivity contribution in [3.63, 3.8) is 0 Å². The Kier molecular flexibility index (Phi) is 8.00. The fourth-order valence-electron chi connectivity index (χ4n) is 4.80. The van der Waals surface area contributed by atoms with Gasteiger partial charge in [-0.25, -0.2) is 4.79 Å². The first-order valence-corrected chi connectivity index (χ1v) is 13.0. The summed E-state index contributed by atoms with van der Waals surface area (Å²) >= 11 is 0. The van der Waals surface area contributed by atoms with Crippen LogP contribution in [-0.2, 0) is 26.3 Å². The van der Waals surface area contributed by atoms with E-state index in [0.29, 0.717) is 28.0 Å². The molecule has 8 nitrogen and oxygen atoms in total. The zero-order chi connectivity index (χ0) is 29.2. The Hall–Kier alpha value is -4.59. The molecule has 1 aliphatic rings. The van der Waals surface area contributed by atoms with Crippen LogP contribution in [0.5, 0.6) is 11.5 Å². The third-order valence-electron chi connectivity index (χ3n) is 6.85. The topological polar surface area (TPSA) is 113 Å². The van der Waals surface area contributed by atoms with Crippen LogP contribution in [0.2, 0.25) is 0 Å². The number of carbonyl (C=O) groups excluding carboxylic acids is 3. The number of rotatable bonds is 7. The summed E-state index contributed by atoms with van der Waals surface area (Å²) in [4.78, 5) is 40.3. The summed E-state index contributed by atoms with van der Waals surface area (Å²) in [6.07, 6.45) is 0. The van der Waals surface area contributed by atoms with Gasteiger partial charge in [0.2, 0.25) is 0 Å². The lowest BCUT2D eigenvalue weighted by Crippen LogP contribution is -2.29. The number of likely N-dealkylation sites (tertiary alicyclic amines) is 1. The van der Waals surface area contributed by atoms with E-state index < -0.39 is 23.7 Å². The molecular weight excluding hydrogens is 510 g/mol. The molecule has 208 valence electrons. The number of ether oxygens (including phenoxy) is 2. The van der Waals surface area contributed by atoms with E-state index in [2.05, 4.69) is 0 Å². The Morgan fingerprint density at radius 1 is 0.950 bits per heavy atom. The van der Waals surface area contributed by atoms with Crippen LogP contribution in [0.4, 0.5) is 0 Å². The number of phenolic OH excluding ortho intramolecular Hbond substituents is 1. The molecular formula is C32H33NO7. The lowest BCUT2D eigenvalue weighted by atomic mass is 9.84. The van der Waals surface area contributed by atoms with Gasteiger partial charge in [-0.2, -0.15) is 0 Å². The van der Waals surface area contributed by atoms with E-state index in [-0.39, 0.29) is 35.6 Å². The van der Waals surface area contributed by atoms with E-state index in [1.165, 1.54) is 17.0 Å². The molecule has 1 heterocycles. The second kappa shape index (κ2) is 11.3. The molecule has 0 radical (unpaired) electrons. The number of aliphatic hydroxyl groups excluding tert-OH is 1. The number of ketones is 1. The average molecular weight is 544 g/mol. The smallest absolute Gasteiger partial charge is 0.338 e. The Morgan fingerprint density at radius 2 is 1.57 bits per heavy atom. The maximum atomic E-state index is 13.4. The number of amides is 1. The Labute approximate surface area is 233 Å². The average Bonchev–Trinajstić information content (AvgIpc) is 3.17. The highest BCUT2D eigenvalue weighted by atomic mass is 16.5. The lowest BCUT2D eigenvalue weighted by molar-refractivity contribution is -0.140.